The lowest BCUT2D eigenvalue weighted by atomic mass is 10.2. The molecule has 0 N–H and O–H groups in total. The van der Waals surface area contributed by atoms with E-state index in [-0.39, 0.29) is 13.1 Å². The van der Waals surface area contributed by atoms with Crippen LogP contribution in [0.15, 0.2) is 49.6 Å². The molecule has 0 aromatic heterocycles. The van der Waals surface area contributed by atoms with Gasteiger partial charge in [-0.1, -0.05) is 24.3 Å². The second-order valence-electron chi connectivity index (χ2n) is 3.64. The highest BCUT2D eigenvalue weighted by atomic mass is 32.2. The Morgan fingerprint density at radius 3 is 1.76 bits per heavy atom. The van der Waals surface area contributed by atoms with Gasteiger partial charge in [-0.15, -0.1) is 13.2 Å². The van der Waals surface area contributed by atoms with Crippen LogP contribution in [0.4, 0.5) is 11.4 Å². The summed E-state index contributed by atoms with van der Waals surface area (Å²) in [5.41, 5.74) is 1.38. The van der Waals surface area contributed by atoms with Gasteiger partial charge in [-0.05, 0) is 12.1 Å². The summed E-state index contributed by atoms with van der Waals surface area (Å²) in [4.78, 5) is 0. The number of anilines is 2. The predicted octanol–water partition coefficient (Wildman–Crippen LogP) is 1.93. The molecule has 1 aliphatic heterocycles. The van der Waals surface area contributed by atoms with E-state index in [9.17, 15) is 8.42 Å². The molecular weight excluding hydrogens is 236 g/mol. The molecule has 1 aromatic rings. The number of para-hydroxylation sites is 2. The zero-order chi connectivity index (χ0) is 12.5. The van der Waals surface area contributed by atoms with Gasteiger partial charge in [-0.3, -0.25) is 0 Å². The first-order valence-electron chi connectivity index (χ1n) is 5.24. The summed E-state index contributed by atoms with van der Waals surface area (Å²) >= 11 is 0. The molecule has 0 aliphatic carbocycles. The van der Waals surface area contributed by atoms with Gasteiger partial charge in [0.05, 0.1) is 24.5 Å². The van der Waals surface area contributed by atoms with Crippen LogP contribution >= 0.6 is 0 Å². The molecule has 1 heterocycles. The molecule has 4 nitrogen and oxygen atoms in total. The van der Waals surface area contributed by atoms with Crippen LogP contribution in [0.1, 0.15) is 0 Å². The largest absolute Gasteiger partial charge is 0.327 e. The lowest BCUT2D eigenvalue weighted by Gasteiger charge is -2.19. The average Bonchev–Trinajstić information content (AvgIpc) is 2.52. The minimum atomic E-state index is -3.49. The molecule has 1 aliphatic rings. The molecule has 0 unspecified atom stereocenters. The maximum Gasteiger partial charge on any atom is 0.327 e. The van der Waals surface area contributed by atoms with Gasteiger partial charge in [0.25, 0.3) is 0 Å². The first-order valence-corrected chi connectivity index (χ1v) is 6.64. The molecule has 0 bridgehead atoms. The number of hydrogen-bond donors (Lipinski definition) is 0. The molecular formula is C12H14N2O2S. The molecule has 17 heavy (non-hydrogen) atoms. The lowest BCUT2D eigenvalue weighted by molar-refractivity contribution is 0.592. The Hall–Kier alpha value is -1.75. The summed E-state index contributed by atoms with van der Waals surface area (Å²) in [6.07, 6.45) is 3.15. The normalized spacial score (nSPS) is 16.7. The van der Waals surface area contributed by atoms with Gasteiger partial charge in [0.15, 0.2) is 0 Å². The number of nitrogens with zero attached hydrogens (tertiary/aromatic N) is 2. The second kappa shape index (κ2) is 4.25. The maximum atomic E-state index is 12.3. The van der Waals surface area contributed by atoms with Crippen molar-refractivity contribution in [3.05, 3.63) is 49.6 Å². The van der Waals surface area contributed by atoms with Crippen molar-refractivity contribution >= 4 is 21.6 Å². The van der Waals surface area contributed by atoms with Crippen molar-refractivity contribution < 1.29 is 8.42 Å². The highest BCUT2D eigenvalue weighted by Crippen LogP contribution is 2.40. The smallest absolute Gasteiger partial charge is 0.247 e. The first kappa shape index (κ1) is 11.7. The second-order valence-corrected chi connectivity index (χ2v) is 5.41. The van der Waals surface area contributed by atoms with E-state index in [0.29, 0.717) is 11.4 Å². The van der Waals surface area contributed by atoms with Crippen LogP contribution < -0.4 is 8.61 Å². The van der Waals surface area contributed by atoms with Crippen molar-refractivity contribution in [2.75, 3.05) is 21.7 Å². The van der Waals surface area contributed by atoms with Crippen LogP contribution in [0.2, 0.25) is 0 Å². The van der Waals surface area contributed by atoms with E-state index in [1.165, 1.54) is 8.61 Å². The number of hydrogen-bond acceptors (Lipinski definition) is 2. The van der Waals surface area contributed by atoms with Crippen molar-refractivity contribution in [3.8, 4) is 0 Å². The summed E-state index contributed by atoms with van der Waals surface area (Å²) < 4.78 is 27.3. The van der Waals surface area contributed by atoms with Gasteiger partial charge >= 0.3 is 10.2 Å². The molecule has 0 saturated heterocycles. The number of fused-ring (bicyclic) bond motifs is 1. The highest BCUT2D eigenvalue weighted by Gasteiger charge is 2.38. The van der Waals surface area contributed by atoms with Crippen LogP contribution in [0, 0.1) is 0 Å². The van der Waals surface area contributed by atoms with Gasteiger partial charge in [0.1, 0.15) is 0 Å². The fraction of sp³-hybridized carbons (Fsp3) is 0.167. The maximum absolute atomic E-state index is 12.3. The molecule has 0 amide bonds. The van der Waals surface area contributed by atoms with Crippen LogP contribution in [0.25, 0.3) is 0 Å². The number of benzene rings is 1. The summed E-state index contributed by atoms with van der Waals surface area (Å²) in [6.45, 7) is 7.72. The van der Waals surface area contributed by atoms with Gasteiger partial charge in [-0.25, -0.2) is 8.61 Å². The van der Waals surface area contributed by atoms with E-state index in [0.717, 1.165) is 0 Å². The van der Waals surface area contributed by atoms with E-state index < -0.39 is 10.2 Å². The van der Waals surface area contributed by atoms with Crippen LogP contribution in [-0.4, -0.2) is 21.5 Å². The molecule has 0 saturated carbocycles. The molecule has 0 fully saturated rings. The monoisotopic (exact) mass is 250 g/mol. The fourth-order valence-electron chi connectivity index (χ4n) is 1.87. The third-order valence-electron chi connectivity index (χ3n) is 2.57. The standard InChI is InChI=1S/C12H14N2O2S/c1-3-9-13-11-7-5-6-8-12(11)14(10-4-2)17(13,15)16/h3-8H,1-2,9-10H2. The lowest BCUT2D eigenvalue weighted by Crippen LogP contribution is -2.38. The van der Waals surface area contributed by atoms with Crippen LogP contribution in [-0.2, 0) is 10.2 Å². The van der Waals surface area contributed by atoms with Crippen molar-refractivity contribution in [3.63, 3.8) is 0 Å². The Bertz CT molecular complexity index is 508. The molecule has 5 heteroatoms. The van der Waals surface area contributed by atoms with Crippen molar-refractivity contribution in [2.45, 2.75) is 0 Å². The van der Waals surface area contributed by atoms with Crippen LogP contribution in [0.5, 0.6) is 0 Å². The SMILES string of the molecule is C=CCN1c2ccccc2N(CC=C)S1(=O)=O. The molecule has 90 valence electrons. The minimum Gasteiger partial charge on any atom is -0.247 e. The Balaban J connectivity index is 2.58. The zero-order valence-corrected chi connectivity index (χ0v) is 10.2. The topological polar surface area (TPSA) is 40.6 Å². The highest BCUT2D eigenvalue weighted by molar-refractivity contribution is 7.94. The van der Waals surface area contributed by atoms with E-state index >= 15 is 0 Å². The number of rotatable bonds is 4. The third-order valence-corrected chi connectivity index (χ3v) is 4.37. The molecule has 2 rings (SSSR count). The van der Waals surface area contributed by atoms with Crippen molar-refractivity contribution in [1.82, 2.24) is 0 Å². The molecule has 0 spiro atoms. The third kappa shape index (κ3) is 1.72. The van der Waals surface area contributed by atoms with Crippen molar-refractivity contribution in [1.29, 1.82) is 0 Å². The molecule has 0 atom stereocenters. The quantitative estimate of drug-likeness (QED) is 0.766. The average molecular weight is 250 g/mol. The Morgan fingerprint density at radius 1 is 1.00 bits per heavy atom. The Morgan fingerprint density at radius 2 is 1.41 bits per heavy atom. The van der Waals surface area contributed by atoms with Gasteiger partial charge in [0.2, 0.25) is 0 Å². The minimum absolute atomic E-state index is 0.271. The van der Waals surface area contributed by atoms with Crippen molar-refractivity contribution in [2.24, 2.45) is 0 Å². The predicted molar refractivity (Wildman–Crippen MR) is 70.4 cm³/mol. The van der Waals surface area contributed by atoms with Gasteiger partial charge in [-0.2, -0.15) is 8.42 Å². The first-order chi connectivity index (χ1) is 8.12. The van der Waals surface area contributed by atoms with Gasteiger partial charge < -0.3 is 0 Å². The zero-order valence-electron chi connectivity index (χ0n) is 9.41. The molecule has 1 aromatic carbocycles. The summed E-state index contributed by atoms with van der Waals surface area (Å²) in [7, 11) is -3.49. The van der Waals surface area contributed by atoms with Crippen LogP contribution in [0.3, 0.4) is 0 Å². The summed E-state index contributed by atoms with van der Waals surface area (Å²) in [5, 5.41) is 0. The van der Waals surface area contributed by atoms with E-state index in [1.54, 1.807) is 24.3 Å². The summed E-state index contributed by atoms with van der Waals surface area (Å²) in [5.74, 6) is 0. The Labute approximate surface area is 102 Å². The van der Waals surface area contributed by atoms with E-state index in [4.69, 9.17) is 0 Å². The molecule has 0 radical (unpaired) electrons. The Kier molecular flexibility index (Phi) is 2.93. The summed E-state index contributed by atoms with van der Waals surface area (Å²) in [6, 6.07) is 7.22. The van der Waals surface area contributed by atoms with E-state index in [1.807, 2.05) is 12.1 Å². The van der Waals surface area contributed by atoms with Gasteiger partial charge in [0, 0.05) is 0 Å². The fourth-order valence-corrected chi connectivity index (χ4v) is 3.50. The van der Waals surface area contributed by atoms with E-state index in [2.05, 4.69) is 13.2 Å².